The number of benzene rings is 3. The molecule has 144 valence electrons. The van der Waals surface area contributed by atoms with Gasteiger partial charge in [-0.3, -0.25) is 0 Å². The zero-order chi connectivity index (χ0) is 20.5. The number of aryl methyl sites for hydroxylation is 1. The van der Waals surface area contributed by atoms with Crippen molar-refractivity contribution in [2.24, 2.45) is 0 Å². The third-order valence-corrected chi connectivity index (χ3v) is 6.22. The minimum absolute atomic E-state index is 0.584. The van der Waals surface area contributed by atoms with E-state index >= 15 is 0 Å². The second kappa shape index (κ2) is 7.62. The smallest absolute Gasteiger partial charge is 0.134 e. The minimum Gasteiger partial charge on any atom is -0.341 e. The molecule has 0 aliphatic heterocycles. The van der Waals surface area contributed by atoms with Gasteiger partial charge in [0.1, 0.15) is 11.1 Å². The van der Waals surface area contributed by atoms with Crippen molar-refractivity contribution in [2.45, 2.75) is 13.5 Å². The highest BCUT2D eigenvalue weighted by Gasteiger charge is 2.12. The molecule has 0 amide bonds. The third-order valence-electron chi connectivity index (χ3n) is 5.35. The van der Waals surface area contributed by atoms with Crippen LogP contribution in [0, 0.1) is 11.3 Å². The zero-order valence-corrected chi connectivity index (χ0v) is 17.4. The summed E-state index contributed by atoms with van der Waals surface area (Å²) in [6.07, 6.45) is 1.94. The Kier molecular flexibility index (Phi) is 4.66. The van der Waals surface area contributed by atoms with Crippen LogP contribution in [0.3, 0.4) is 0 Å². The fourth-order valence-corrected chi connectivity index (χ4v) is 4.74. The third kappa shape index (κ3) is 3.10. The lowest BCUT2D eigenvalue weighted by Gasteiger charge is -2.03. The van der Waals surface area contributed by atoms with E-state index in [1.54, 1.807) is 0 Å². The highest BCUT2D eigenvalue weighted by atomic mass is 32.1. The molecule has 2 aromatic heterocycles. The van der Waals surface area contributed by atoms with Crippen molar-refractivity contribution < 1.29 is 0 Å². The van der Waals surface area contributed by atoms with E-state index in [1.165, 1.54) is 33.1 Å². The van der Waals surface area contributed by atoms with Crippen molar-refractivity contribution in [1.29, 1.82) is 5.26 Å². The number of allylic oxidation sites excluding steroid dienone is 1. The van der Waals surface area contributed by atoms with Crippen LogP contribution in [-0.4, -0.2) is 9.55 Å². The minimum atomic E-state index is 0.584. The number of thiazole rings is 1. The van der Waals surface area contributed by atoms with Crippen LogP contribution >= 0.6 is 11.3 Å². The summed E-state index contributed by atoms with van der Waals surface area (Å²) in [7, 11) is 0. The van der Waals surface area contributed by atoms with E-state index in [4.69, 9.17) is 4.98 Å². The molecule has 5 aromatic rings. The Morgan fingerprint density at radius 3 is 2.57 bits per heavy atom. The molecule has 0 spiro atoms. The number of hydrogen-bond acceptors (Lipinski definition) is 3. The first kappa shape index (κ1) is 18.4. The molecule has 3 aromatic carbocycles. The van der Waals surface area contributed by atoms with Gasteiger partial charge < -0.3 is 4.57 Å². The summed E-state index contributed by atoms with van der Waals surface area (Å²) in [4.78, 5) is 4.70. The lowest BCUT2D eigenvalue weighted by Crippen LogP contribution is -1.92. The van der Waals surface area contributed by atoms with E-state index in [2.05, 4.69) is 60.0 Å². The Labute approximate surface area is 179 Å². The largest absolute Gasteiger partial charge is 0.341 e. The van der Waals surface area contributed by atoms with Crippen LogP contribution in [0.1, 0.15) is 17.5 Å². The molecule has 4 heteroatoms. The number of nitrogens with zero attached hydrogens (tertiary/aromatic N) is 3. The molecule has 0 saturated carbocycles. The van der Waals surface area contributed by atoms with Crippen LogP contribution in [0.25, 0.3) is 44.7 Å². The first-order valence-electron chi connectivity index (χ1n) is 9.92. The Balaban J connectivity index is 1.59. The average molecular weight is 406 g/mol. The average Bonchev–Trinajstić information content (AvgIpc) is 3.41. The van der Waals surface area contributed by atoms with Crippen molar-refractivity contribution in [1.82, 2.24) is 9.55 Å². The number of nitriles is 1. The van der Waals surface area contributed by atoms with Crippen molar-refractivity contribution in [2.75, 3.05) is 0 Å². The van der Waals surface area contributed by atoms with E-state index in [0.717, 1.165) is 28.4 Å². The van der Waals surface area contributed by atoms with Crippen molar-refractivity contribution in [3.63, 3.8) is 0 Å². The van der Waals surface area contributed by atoms with Gasteiger partial charge in [0.15, 0.2) is 0 Å². The molecule has 0 aliphatic carbocycles. The van der Waals surface area contributed by atoms with Gasteiger partial charge in [-0.2, -0.15) is 5.26 Å². The van der Waals surface area contributed by atoms with Crippen molar-refractivity contribution in [3.05, 3.63) is 88.7 Å². The highest BCUT2D eigenvalue weighted by molar-refractivity contribution is 7.11. The van der Waals surface area contributed by atoms with Crippen LogP contribution in [0.15, 0.2) is 78.2 Å². The maximum atomic E-state index is 9.79. The Hall–Kier alpha value is -3.68. The van der Waals surface area contributed by atoms with E-state index in [1.807, 2.05) is 41.8 Å². The van der Waals surface area contributed by atoms with Crippen molar-refractivity contribution >= 4 is 44.8 Å². The van der Waals surface area contributed by atoms with Gasteiger partial charge in [-0.1, -0.05) is 54.6 Å². The number of aromatic nitrogens is 2. The van der Waals surface area contributed by atoms with Crippen LogP contribution in [0.5, 0.6) is 0 Å². The summed E-state index contributed by atoms with van der Waals surface area (Å²) < 4.78 is 2.33. The second-order valence-electron chi connectivity index (χ2n) is 7.11. The fraction of sp³-hybridized carbons (Fsp3) is 0.0769. The molecule has 5 rings (SSSR count). The fourth-order valence-electron chi connectivity index (χ4n) is 3.95. The predicted molar refractivity (Wildman–Crippen MR) is 126 cm³/mol. The van der Waals surface area contributed by atoms with E-state index in [0.29, 0.717) is 5.57 Å². The van der Waals surface area contributed by atoms with Gasteiger partial charge in [0.2, 0.25) is 0 Å². The molecule has 0 fully saturated rings. The predicted octanol–water partition coefficient (Wildman–Crippen LogP) is 7.00. The maximum Gasteiger partial charge on any atom is 0.134 e. The van der Waals surface area contributed by atoms with Gasteiger partial charge in [0.25, 0.3) is 0 Å². The highest BCUT2D eigenvalue weighted by Crippen LogP contribution is 2.31. The monoisotopic (exact) mass is 405 g/mol. The summed E-state index contributed by atoms with van der Waals surface area (Å²) in [5.74, 6) is 0. The zero-order valence-electron chi connectivity index (χ0n) is 16.5. The standard InChI is InChI=1S/C26H19N3S/c1-2-29-24-11-7-6-10-21(24)22-15-18(12-13-25(22)29)14-20(16-27)26-28-23(17-30-26)19-8-4-3-5-9-19/h3-15,17H,2H2,1H3/b20-14+. The Morgan fingerprint density at radius 2 is 1.77 bits per heavy atom. The normalized spacial score (nSPS) is 11.8. The maximum absolute atomic E-state index is 9.79. The van der Waals surface area contributed by atoms with Gasteiger partial charge in [-0.05, 0) is 36.8 Å². The second-order valence-corrected chi connectivity index (χ2v) is 7.97. The molecular formula is C26H19N3S. The molecule has 0 radical (unpaired) electrons. The molecule has 0 N–H and O–H groups in total. The SMILES string of the molecule is CCn1c2ccccc2c2cc(/C=C(\C#N)c3nc(-c4ccccc4)cs3)ccc21. The van der Waals surface area contributed by atoms with Crippen LogP contribution in [0.4, 0.5) is 0 Å². The van der Waals surface area contributed by atoms with Crippen LogP contribution in [0.2, 0.25) is 0 Å². The number of rotatable bonds is 4. The molecule has 2 heterocycles. The molecule has 30 heavy (non-hydrogen) atoms. The lowest BCUT2D eigenvalue weighted by molar-refractivity contribution is 0.827. The molecular weight excluding hydrogens is 386 g/mol. The molecule has 0 bridgehead atoms. The van der Waals surface area contributed by atoms with E-state index in [-0.39, 0.29) is 0 Å². The summed E-state index contributed by atoms with van der Waals surface area (Å²) in [5.41, 5.74) is 6.01. The molecule has 0 atom stereocenters. The quantitative estimate of drug-likeness (QED) is 0.302. The molecule has 0 unspecified atom stereocenters. The first-order valence-corrected chi connectivity index (χ1v) is 10.8. The van der Waals surface area contributed by atoms with Gasteiger partial charge in [0, 0.05) is 39.3 Å². The molecule has 3 nitrogen and oxygen atoms in total. The summed E-state index contributed by atoms with van der Waals surface area (Å²) in [6.45, 7) is 3.09. The van der Waals surface area contributed by atoms with Gasteiger partial charge in [-0.15, -0.1) is 11.3 Å². The van der Waals surface area contributed by atoms with Gasteiger partial charge in [-0.25, -0.2) is 4.98 Å². The van der Waals surface area contributed by atoms with Gasteiger partial charge >= 0.3 is 0 Å². The summed E-state index contributed by atoms with van der Waals surface area (Å²) >= 11 is 1.50. The number of fused-ring (bicyclic) bond motifs is 3. The van der Waals surface area contributed by atoms with Crippen molar-refractivity contribution in [3.8, 4) is 17.3 Å². The van der Waals surface area contributed by atoms with Gasteiger partial charge in [0.05, 0.1) is 11.3 Å². The first-order chi connectivity index (χ1) is 14.8. The number of para-hydroxylation sites is 1. The molecule has 0 saturated heterocycles. The summed E-state index contributed by atoms with van der Waals surface area (Å²) in [6, 6.07) is 27.3. The Bertz CT molecular complexity index is 1430. The topological polar surface area (TPSA) is 41.6 Å². The van der Waals surface area contributed by atoms with E-state index < -0.39 is 0 Å². The van der Waals surface area contributed by atoms with E-state index in [9.17, 15) is 5.26 Å². The Morgan fingerprint density at radius 1 is 1.00 bits per heavy atom. The molecule has 0 aliphatic rings. The number of hydrogen-bond donors (Lipinski definition) is 0. The van der Waals surface area contributed by atoms with Crippen LogP contribution < -0.4 is 0 Å². The lowest BCUT2D eigenvalue weighted by atomic mass is 10.1. The summed E-state index contributed by atoms with van der Waals surface area (Å²) in [5, 5.41) is 15.0. The van der Waals surface area contributed by atoms with Crippen LogP contribution in [-0.2, 0) is 6.54 Å².